The quantitative estimate of drug-likeness (QED) is 0.719. The molecular weight excluding hydrogens is 174 g/mol. The summed E-state index contributed by atoms with van der Waals surface area (Å²) >= 11 is 5.86. The van der Waals surface area contributed by atoms with Crippen LogP contribution >= 0.6 is 11.6 Å². The van der Waals surface area contributed by atoms with E-state index in [0.717, 1.165) is 16.3 Å². The first-order chi connectivity index (χ1) is 5.81. The highest BCUT2D eigenvalue weighted by Gasteiger charge is 2.22. The van der Waals surface area contributed by atoms with Crippen molar-refractivity contribution in [2.45, 2.75) is 6.04 Å². The van der Waals surface area contributed by atoms with E-state index < -0.39 is 0 Å². The largest absolute Gasteiger partial charge is 0.491 e. The van der Waals surface area contributed by atoms with Gasteiger partial charge in [0.1, 0.15) is 12.4 Å². The topological polar surface area (TPSA) is 21.3 Å². The van der Waals surface area contributed by atoms with Crippen molar-refractivity contribution < 1.29 is 4.74 Å². The SMILES string of the molecule is CNC1COc2ccc(Cl)cc21. The van der Waals surface area contributed by atoms with E-state index in [2.05, 4.69) is 5.32 Å². The lowest BCUT2D eigenvalue weighted by atomic mass is 10.1. The van der Waals surface area contributed by atoms with Crippen molar-refractivity contribution in [1.29, 1.82) is 0 Å². The third kappa shape index (κ3) is 1.17. The summed E-state index contributed by atoms with van der Waals surface area (Å²) in [7, 11) is 1.92. The highest BCUT2D eigenvalue weighted by Crippen LogP contribution is 2.33. The second-order valence-electron chi connectivity index (χ2n) is 2.83. The van der Waals surface area contributed by atoms with E-state index in [1.54, 1.807) is 0 Å². The number of benzene rings is 1. The molecule has 0 saturated carbocycles. The number of fused-ring (bicyclic) bond motifs is 1. The van der Waals surface area contributed by atoms with Crippen molar-refractivity contribution in [2.24, 2.45) is 0 Å². The molecule has 1 aromatic rings. The van der Waals surface area contributed by atoms with Gasteiger partial charge in [-0.2, -0.15) is 0 Å². The van der Waals surface area contributed by atoms with E-state index in [1.165, 1.54) is 0 Å². The number of hydrogen-bond acceptors (Lipinski definition) is 2. The standard InChI is InChI=1S/C9H10ClNO/c1-11-8-5-12-9-3-2-6(10)4-7(8)9/h2-4,8,11H,5H2,1H3. The Balaban J connectivity index is 2.42. The van der Waals surface area contributed by atoms with Crippen LogP contribution in [0.1, 0.15) is 11.6 Å². The Labute approximate surface area is 76.5 Å². The first-order valence-electron chi connectivity index (χ1n) is 3.91. The van der Waals surface area contributed by atoms with Gasteiger partial charge in [-0.25, -0.2) is 0 Å². The van der Waals surface area contributed by atoms with Crippen molar-refractivity contribution in [3.8, 4) is 5.75 Å². The Kier molecular flexibility index (Phi) is 1.95. The Morgan fingerprint density at radius 1 is 1.58 bits per heavy atom. The van der Waals surface area contributed by atoms with E-state index in [1.807, 2.05) is 25.2 Å². The summed E-state index contributed by atoms with van der Waals surface area (Å²) in [5, 5.41) is 3.93. The number of ether oxygens (including phenoxy) is 1. The smallest absolute Gasteiger partial charge is 0.124 e. The van der Waals surface area contributed by atoms with Gasteiger partial charge in [0.25, 0.3) is 0 Å². The maximum absolute atomic E-state index is 5.86. The Morgan fingerprint density at radius 2 is 2.42 bits per heavy atom. The fourth-order valence-corrected chi connectivity index (χ4v) is 1.61. The van der Waals surface area contributed by atoms with Crippen LogP contribution in [0.15, 0.2) is 18.2 Å². The molecule has 2 rings (SSSR count). The van der Waals surface area contributed by atoms with Crippen molar-refractivity contribution in [2.75, 3.05) is 13.7 Å². The van der Waals surface area contributed by atoms with Crippen molar-refractivity contribution in [3.63, 3.8) is 0 Å². The van der Waals surface area contributed by atoms with Gasteiger partial charge in [0, 0.05) is 10.6 Å². The molecule has 1 heterocycles. The Morgan fingerprint density at radius 3 is 3.17 bits per heavy atom. The van der Waals surface area contributed by atoms with Gasteiger partial charge in [0.15, 0.2) is 0 Å². The predicted octanol–water partition coefficient (Wildman–Crippen LogP) is 1.99. The Hall–Kier alpha value is -0.730. The van der Waals surface area contributed by atoms with Crippen LogP contribution in [-0.4, -0.2) is 13.7 Å². The highest BCUT2D eigenvalue weighted by molar-refractivity contribution is 6.30. The molecule has 1 aliphatic heterocycles. The summed E-state index contributed by atoms with van der Waals surface area (Å²) in [5.74, 6) is 0.943. The highest BCUT2D eigenvalue weighted by atomic mass is 35.5. The first-order valence-corrected chi connectivity index (χ1v) is 4.28. The fraction of sp³-hybridized carbons (Fsp3) is 0.333. The molecule has 0 aliphatic carbocycles. The molecule has 0 bridgehead atoms. The number of nitrogens with one attached hydrogen (secondary N) is 1. The van der Waals surface area contributed by atoms with E-state index in [0.29, 0.717) is 12.6 Å². The van der Waals surface area contributed by atoms with Crippen LogP contribution in [0.25, 0.3) is 0 Å². The molecule has 1 N–H and O–H groups in total. The molecule has 1 aliphatic rings. The molecule has 3 heteroatoms. The van der Waals surface area contributed by atoms with Crippen molar-refractivity contribution in [1.82, 2.24) is 5.32 Å². The minimum atomic E-state index is 0.290. The van der Waals surface area contributed by atoms with Gasteiger partial charge in [0.2, 0.25) is 0 Å². The number of hydrogen-bond donors (Lipinski definition) is 1. The zero-order chi connectivity index (χ0) is 8.55. The molecule has 64 valence electrons. The van der Waals surface area contributed by atoms with Crippen molar-refractivity contribution in [3.05, 3.63) is 28.8 Å². The zero-order valence-corrected chi connectivity index (χ0v) is 7.56. The van der Waals surface area contributed by atoms with Gasteiger partial charge in [-0.1, -0.05) is 11.6 Å². The average Bonchev–Trinajstić information content (AvgIpc) is 2.46. The second kappa shape index (κ2) is 2.96. The minimum Gasteiger partial charge on any atom is -0.491 e. The third-order valence-corrected chi connectivity index (χ3v) is 2.34. The molecule has 0 radical (unpaired) electrons. The number of rotatable bonds is 1. The zero-order valence-electron chi connectivity index (χ0n) is 6.80. The molecule has 1 unspecified atom stereocenters. The van der Waals surface area contributed by atoms with Crippen LogP contribution in [0.4, 0.5) is 0 Å². The van der Waals surface area contributed by atoms with Crippen LogP contribution in [-0.2, 0) is 0 Å². The van der Waals surface area contributed by atoms with Gasteiger partial charge in [-0.3, -0.25) is 0 Å². The van der Waals surface area contributed by atoms with Gasteiger partial charge in [-0.05, 0) is 25.2 Å². The molecule has 1 aromatic carbocycles. The lowest BCUT2D eigenvalue weighted by Crippen LogP contribution is -2.17. The molecule has 0 spiro atoms. The number of halogens is 1. The lowest BCUT2D eigenvalue weighted by Gasteiger charge is -2.05. The molecule has 0 amide bonds. The first kappa shape index (κ1) is 7.90. The normalized spacial score (nSPS) is 20.3. The van der Waals surface area contributed by atoms with E-state index in [4.69, 9.17) is 16.3 Å². The van der Waals surface area contributed by atoms with Crippen LogP contribution in [0.5, 0.6) is 5.75 Å². The van der Waals surface area contributed by atoms with Crippen LogP contribution in [0.3, 0.4) is 0 Å². The fourth-order valence-electron chi connectivity index (χ4n) is 1.42. The van der Waals surface area contributed by atoms with Crippen molar-refractivity contribution >= 4 is 11.6 Å². The van der Waals surface area contributed by atoms with E-state index in [-0.39, 0.29) is 0 Å². The van der Waals surface area contributed by atoms with Crippen LogP contribution < -0.4 is 10.1 Å². The van der Waals surface area contributed by atoms with E-state index >= 15 is 0 Å². The van der Waals surface area contributed by atoms with Gasteiger partial charge in [-0.15, -0.1) is 0 Å². The molecule has 0 fully saturated rings. The molecular formula is C9H10ClNO. The monoisotopic (exact) mass is 183 g/mol. The summed E-state index contributed by atoms with van der Waals surface area (Å²) < 4.78 is 5.44. The molecule has 0 aromatic heterocycles. The number of likely N-dealkylation sites (N-methyl/N-ethyl adjacent to an activating group) is 1. The molecule has 12 heavy (non-hydrogen) atoms. The third-order valence-electron chi connectivity index (χ3n) is 2.10. The minimum absolute atomic E-state index is 0.290. The van der Waals surface area contributed by atoms with E-state index in [9.17, 15) is 0 Å². The molecule has 1 atom stereocenters. The summed E-state index contributed by atoms with van der Waals surface area (Å²) in [6, 6.07) is 6.00. The summed E-state index contributed by atoms with van der Waals surface area (Å²) in [6.07, 6.45) is 0. The summed E-state index contributed by atoms with van der Waals surface area (Å²) in [5.41, 5.74) is 1.16. The van der Waals surface area contributed by atoms with Gasteiger partial charge >= 0.3 is 0 Å². The predicted molar refractivity (Wildman–Crippen MR) is 48.7 cm³/mol. The summed E-state index contributed by atoms with van der Waals surface area (Å²) in [4.78, 5) is 0. The lowest BCUT2D eigenvalue weighted by molar-refractivity contribution is 0.318. The molecule has 0 saturated heterocycles. The maximum atomic E-state index is 5.86. The second-order valence-corrected chi connectivity index (χ2v) is 3.27. The van der Waals surface area contributed by atoms with Gasteiger partial charge < -0.3 is 10.1 Å². The summed E-state index contributed by atoms with van der Waals surface area (Å²) in [6.45, 7) is 0.701. The average molecular weight is 184 g/mol. The molecule has 2 nitrogen and oxygen atoms in total. The maximum Gasteiger partial charge on any atom is 0.124 e. The van der Waals surface area contributed by atoms with Crippen LogP contribution in [0.2, 0.25) is 5.02 Å². The van der Waals surface area contributed by atoms with Crippen LogP contribution in [0, 0.1) is 0 Å². The van der Waals surface area contributed by atoms with Gasteiger partial charge in [0.05, 0.1) is 6.04 Å². The Bertz CT molecular complexity index is 301.